The van der Waals surface area contributed by atoms with Gasteiger partial charge in [0.1, 0.15) is 5.75 Å². The predicted molar refractivity (Wildman–Crippen MR) is 118 cm³/mol. The Hall–Kier alpha value is -3.42. The lowest BCUT2D eigenvalue weighted by Gasteiger charge is -2.31. The molecule has 1 aliphatic rings. The van der Waals surface area contributed by atoms with Gasteiger partial charge in [-0.2, -0.15) is 5.48 Å². The second kappa shape index (κ2) is 9.16. The highest BCUT2D eigenvalue weighted by Gasteiger charge is 2.28. The van der Waals surface area contributed by atoms with E-state index in [1.807, 2.05) is 41.3 Å². The first-order valence-electron chi connectivity index (χ1n) is 10.3. The standard InChI is InChI=1S/C24H25N3O4/c1-31-22-10-9-21(19-7-2-3-8-20(19)22)24(29)27-13-11-16(12-14-27)23(28)25-17-5-4-6-18(15-17)26-30/h2-10,15-16,26,30H,11-14H2,1H3,(H,25,28)/p+1. The van der Waals surface area contributed by atoms with E-state index in [1.165, 1.54) is 0 Å². The van der Waals surface area contributed by atoms with E-state index in [2.05, 4.69) is 5.32 Å². The summed E-state index contributed by atoms with van der Waals surface area (Å²) >= 11 is 0. The molecule has 4 N–H and O–H groups in total. The summed E-state index contributed by atoms with van der Waals surface area (Å²) in [5, 5.41) is 13.8. The van der Waals surface area contributed by atoms with Gasteiger partial charge in [-0.1, -0.05) is 30.3 Å². The van der Waals surface area contributed by atoms with Crippen molar-refractivity contribution in [3.8, 4) is 5.75 Å². The normalized spacial score (nSPS) is 14.5. The number of ether oxygens (including phenoxy) is 1. The van der Waals surface area contributed by atoms with E-state index in [0.29, 0.717) is 42.9 Å². The molecule has 7 nitrogen and oxygen atoms in total. The van der Waals surface area contributed by atoms with Crippen LogP contribution in [0.4, 0.5) is 11.4 Å². The number of carbonyl (C=O) groups excluding carboxylic acids is 2. The van der Waals surface area contributed by atoms with Crippen LogP contribution >= 0.6 is 0 Å². The smallest absolute Gasteiger partial charge is 0.254 e. The van der Waals surface area contributed by atoms with Gasteiger partial charge in [0.2, 0.25) is 5.91 Å². The van der Waals surface area contributed by atoms with Crippen molar-refractivity contribution in [2.75, 3.05) is 25.5 Å². The molecule has 3 aromatic carbocycles. The third-order valence-electron chi connectivity index (χ3n) is 5.79. The van der Waals surface area contributed by atoms with E-state index in [1.54, 1.807) is 31.4 Å². The minimum absolute atomic E-state index is 0.0242. The Bertz CT molecular complexity index is 1110. The summed E-state index contributed by atoms with van der Waals surface area (Å²) in [6.07, 6.45) is 1.22. The van der Waals surface area contributed by atoms with E-state index in [9.17, 15) is 9.59 Å². The van der Waals surface area contributed by atoms with Gasteiger partial charge >= 0.3 is 0 Å². The molecule has 0 radical (unpaired) electrons. The van der Waals surface area contributed by atoms with Crippen LogP contribution in [0.5, 0.6) is 5.75 Å². The minimum Gasteiger partial charge on any atom is -0.496 e. The summed E-state index contributed by atoms with van der Waals surface area (Å²) in [6, 6.07) is 18.4. The van der Waals surface area contributed by atoms with Gasteiger partial charge in [0.25, 0.3) is 5.91 Å². The summed E-state index contributed by atoms with van der Waals surface area (Å²) in [5.41, 5.74) is 2.93. The molecule has 0 unspecified atom stereocenters. The average Bonchev–Trinajstić information content (AvgIpc) is 2.83. The van der Waals surface area contributed by atoms with Gasteiger partial charge in [-0.25, -0.2) is 5.21 Å². The molecule has 7 heteroatoms. The van der Waals surface area contributed by atoms with Crippen molar-refractivity contribution in [3.05, 3.63) is 66.2 Å². The van der Waals surface area contributed by atoms with E-state index < -0.39 is 0 Å². The number of methoxy groups -OCH3 is 1. The fourth-order valence-electron chi connectivity index (χ4n) is 4.09. The topological polar surface area (TPSA) is 95.5 Å². The van der Waals surface area contributed by atoms with Crippen molar-refractivity contribution in [1.29, 1.82) is 0 Å². The van der Waals surface area contributed by atoms with Crippen molar-refractivity contribution in [1.82, 2.24) is 4.90 Å². The van der Waals surface area contributed by atoms with Crippen molar-refractivity contribution in [2.45, 2.75) is 12.8 Å². The number of anilines is 1. The highest BCUT2D eigenvalue weighted by atomic mass is 16.5. The number of nitrogens with zero attached hydrogens (tertiary/aromatic N) is 1. The van der Waals surface area contributed by atoms with Crippen LogP contribution in [-0.2, 0) is 4.79 Å². The van der Waals surface area contributed by atoms with E-state index in [0.717, 1.165) is 22.0 Å². The molecule has 2 amide bonds. The van der Waals surface area contributed by atoms with Gasteiger partial charge in [-0.3, -0.25) is 9.59 Å². The average molecular weight is 420 g/mol. The fraction of sp³-hybridized carbons (Fsp3) is 0.250. The van der Waals surface area contributed by atoms with Gasteiger partial charge in [0.05, 0.1) is 7.11 Å². The number of hydrogen-bond donors (Lipinski definition) is 3. The Morgan fingerprint density at radius 1 is 1.03 bits per heavy atom. The molecule has 1 fully saturated rings. The van der Waals surface area contributed by atoms with Gasteiger partial charge in [0, 0.05) is 47.8 Å². The number of fused-ring (bicyclic) bond motifs is 1. The molecule has 0 aromatic heterocycles. The number of quaternary nitrogens is 1. The molecule has 160 valence electrons. The molecular weight excluding hydrogens is 394 g/mol. The molecule has 1 saturated heterocycles. The molecule has 4 rings (SSSR count). The molecule has 3 aromatic rings. The summed E-state index contributed by atoms with van der Waals surface area (Å²) in [5.74, 6) is 0.504. The van der Waals surface area contributed by atoms with Crippen molar-refractivity contribution < 1.29 is 25.0 Å². The zero-order chi connectivity index (χ0) is 21.8. The van der Waals surface area contributed by atoms with Crippen LogP contribution in [0, 0.1) is 5.92 Å². The zero-order valence-electron chi connectivity index (χ0n) is 17.4. The third-order valence-corrected chi connectivity index (χ3v) is 5.79. The predicted octanol–water partition coefficient (Wildman–Crippen LogP) is 2.92. The Kier molecular flexibility index (Phi) is 6.16. The number of hydrogen-bond acceptors (Lipinski definition) is 4. The first kappa shape index (κ1) is 20.8. The molecule has 0 spiro atoms. The lowest BCUT2D eigenvalue weighted by molar-refractivity contribution is -0.825. The molecule has 0 bridgehead atoms. The fourth-order valence-corrected chi connectivity index (χ4v) is 4.09. The molecule has 0 aliphatic carbocycles. The number of nitrogens with one attached hydrogen (secondary N) is 1. The first-order valence-corrected chi connectivity index (χ1v) is 10.3. The Morgan fingerprint density at radius 2 is 1.77 bits per heavy atom. The van der Waals surface area contributed by atoms with Crippen LogP contribution in [0.15, 0.2) is 60.7 Å². The van der Waals surface area contributed by atoms with E-state index in [4.69, 9.17) is 9.94 Å². The number of piperidine rings is 1. The summed E-state index contributed by atoms with van der Waals surface area (Å²) in [4.78, 5) is 27.7. The largest absolute Gasteiger partial charge is 0.496 e. The van der Waals surface area contributed by atoms with E-state index >= 15 is 0 Å². The maximum atomic E-state index is 13.2. The quantitative estimate of drug-likeness (QED) is 0.437. The van der Waals surface area contributed by atoms with Gasteiger partial charge in [-0.15, -0.1) is 0 Å². The molecule has 0 atom stereocenters. The molecule has 31 heavy (non-hydrogen) atoms. The number of likely N-dealkylation sites (tertiary alicyclic amines) is 1. The number of carbonyl (C=O) groups is 2. The van der Waals surface area contributed by atoms with Gasteiger partial charge in [-0.05, 0) is 36.4 Å². The number of amides is 2. The molecule has 0 saturated carbocycles. The Morgan fingerprint density at radius 3 is 2.48 bits per heavy atom. The zero-order valence-corrected chi connectivity index (χ0v) is 17.4. The molecular formula is C24H26N3O4+. The lowest BCUT2D eigenvalue weighted by Crippen LogP contribution is -2.73. The van der Waals surface area contributed by atoms with Crippen molar-refractivity contribution in [2.24, 2.45) is 5.92 Å². The summed E-state index contributed by atoms with van der Waals surface area (Å²) < 4.78 is 5.43. The lowest BCUT2D eigenvalue weighted by atomic mass is 9.94. The Labute approximate surface area is 180 Å². The minimum atomic E-state index is -0.154. The summed E-state index contributed by atoms with van der Waals surface area (Å²) in [7, 11) is 1.62. The number of rotatable bonds is 5. The number of nitrogens with two attached hydrogens (primary N) is 1. The van der Waals surface area contributed by atoms with Gasteiger partial charge < -0.3 is 15.0 Å². The van der Waals surface area contributed by atoms with Crippen LogP contribution in [0.3, 0.4) is 0 Å². The van der Waals surface area contributed by atoms with Gasteiger partial charge in [0.15, 0.2) is 5.69 Å². The monoisotopic (exact) mass is 420 g/mol. The second-order valence-corrected chi connectivity index (χ2v) is 7.67. The third kappa shape index (κ3) is 4.38. The highest BCUT2D eigenvalue weighted by molar-refractivity contribution is 6.08. The first-order chi connectivity index (χ1) is 15.1. The number of benzene rings is 3. The summed E-state index contributed by atoms with van der Waals surface area (Å²) in [6.45, 7) is 1.06. The van der Waals surface area contributed by atoms with Crippen molar-refractivity contribution >= 4 is 34.0 Å². The van der Waals surface area contributed by atoms with Crippen LogP contribution in [0.25, 0.3) is 10.8 Å². The second-order valence-electron chi connectivity index (χ2n) is 7.67. The maximum Gasteiger partial charge on any atom is 0.254 e. The molecule has 1 aliphatic heterocycles. The van der Waals surface area contributed by atoms with Crippen LogP contribution < -0.4 is 15.5 Å². The van der Waals surface area contributed by atoms with Crippen LogP contribution in [-0.4, -0.2) is 42.1 Å². The van der Waals surface area contributed by atoms with Crippen molar-refractivity contribution in [3.63, 3.8) is 0 Å². The van der Waals surface area contributed by atoms with Crippen LogP contribution in [0.2, 0.25) is 0 Å². The highest BCUT2D eigenvalue weighted by Crippen LogP contribution is 2.30. The SMILES string of the molecule is COc1ccc(C(=O)N2CCC(C(=O)Nc3cccc([NH2+]O)c3)CC2)c2ccccc12. The maximum absolute atomic E-state index is 13.2. The van der Waals surface area contributed by atoms with Crippen LogP contribution in [0.1, 0.15) is 23.2 Å². The Balaban J connectivity index is 1.42. The molecule has 1 heterocycles. The van der Waals surface area contributed by atoms with E-state index in [-0.39, 0.29) is 17.7 Å².